The number of methoxy groups -OCH3 is 1. The van der Waals surface area contributed by atoms with E-state index < -0.39 is 5.97 Å². The summed E-state index contributed by atoms with van der Waals surface area (Å²) in [7, 11) is 1.28. The number of thiocarbonyl (C=S) groups is 1. The van der Waals surface area contributed by atoms with E-state index in [1.165, 1.54) is 25.0 Å². The van der Waals surface area contributed by atoms with Gasteiger partial charge in [0.25, 0.3) is 0 Å². The predicted octanol–water partition coefficient (Wildman–Crippen LogP) is 1.77. The van der Waals surface area contributed by atoms with Gasteiger partial charge in [-0.1, -0.05) is 12.2 Å². The zero-order chi connectivity index (χ0) is 9.68. The van der Waals surface area contributed by atoms with Crippen molar-refractivity contribution in [1.29, 1.82) is 0 Å². The first kappa shape index (κ1) is 9.60. The fourth-order valence-corrected chi connectivity index (χ4v) is 0.821. The van der Waals surface area contributed by atoms with Crippen LogP contribution >= 0.6 is 12.2 Å². The van der Waals surface area contributed by atoms with Crippen LogP contribution in [-0.2, 0) is 4.74 Å². The molecule has 5 heteroatoms. The zero-order valence-electron chi connectivity index (χ0n) is 6.89. The van der Waals surface area contributed by atoms with Crippen LogP contribution in [-0.4, -0.2) is 24.7 Å². The maximum atomic E-state index is 11.0. The third kappa shape index (κ3) is 2.22. The third-order valence-corrected chi connectivity index (χ3v) is 1.41. The Morgan fingerprint density at radius 2 is 2.54 bits per heavy atom. The highest BCUT2D eigenvalue weighted by molar-refractivity contribution is 7.80. The summed E-state index contributed by atoms with van der Waals surface area (Å²) < 4.78 is 9.35. The molecule has 0 unspecified atom stereocenters. The van der Waals surface area contributed by atoms with Crippen molar-refractivity contribution in [3.63, 3.8) is 0 Å². The zero-order valence-corrected chi connectivity index (χ0v) is 7.71. The van der Waals surface area contributed by atoms with Crippen molar-refractivity contribution >= 4 is 35.5 Å². The van der Waals surface area contributed by atoms with E-state index in [4.69, 9.17) is 4.42 Å². The van der Waals surface area contributed by atoms with E-state index in [1.807, 2.05) is 0 Å². The van der Waals surface area contributed by atoms with Gasteiger partial charge in [-0.15, -0.1) is 0 Å². The number of carbonyl (C=O) groups is 1. The average molecular weight is 197 g/mol. The molecule has 1 heterocycles. The summed E-state index contributed by atoms with van der Waals surface area (Å²) in [5.74, 6) is -0.475. The third-order valence-electron chi connectivity index (χ3n) is 1.29. The molecule has 0 spiro atoms. The smallest absolute Gasteiger partial charge is 0.376 e. The molecule has 0 aliphatic carbocycles. The normalized spacial score (nSPS) is 10.2. The van der Waals surface area contributed by atoms with Gasteiger partial charge in [-0.3, -0.25) is 4.99 Å². The predicted molar refractivity (Wildman–Crippen MR) is 51.9 cm³/mol. The molecule has 0 atom stereocenters. The lowest BCUT2D eigenvalue weighted by molar-refractivity contribution is 0.0566. The Morgan fingerprint density at radius 1 is 1.77 bits per heavy atom. The summed E-state index contributed by atoms with van der Waals surface area (Å²) in [6.07, 6.45) is 2.76. The molecule has 0 radical (unpaired) electrons. The summed E-state index contributed by atoms with van der Waals surface area (Å²) in [5.41, 5.74) is 0.410. The van der Waals surface area contributed by atoms with Crippen LogP contribution in [0.25, 0.3) is 0 Å². The number of rotatable bonds is 3. The highest BCUT2D eigenvalue weighted by atomic mass is 32.1. The number of aliphatic imine (C=N–C) groups is 1. The van der Waals surface area contributed by atoms with E-state index in [0.29, 0.717) is 5.69 Å². The molecule has 0 amide bonds. The van der Waals surface area contributed by atoms with Gasteiger partial charge in [0, 0.05) is 17.6 Å². The molecule has 0 aliphatic heterocycles. The van der Waals surface area contributed by atoms with Gasteiger partial charge in [0.15, 0.2) is 0 Å². The van der Waals surface area contributed by atoms with E-state index in [2.05, 4.69) is 21.9 Å². The van der Waals surface area contributed by atoms with Crippen LogP contribution in [0, 0.1) is 0 Å². The van der Waals surface area contributed by atoms with E-state index in [1.54, 1.807) is 6.07 Å². The van der Waals surface area contributed by atoms with Crippen LogP contribution < -0.4 is 0 Å². The number of nitrogens with zero attached hydrogens (tertiary/aromatic N) is 1. The molecule has 0 fully saturated rings. The first-order valence-electron chi connectivity index (χ1n) is 3.43. The SMILES string of the molecule is COC(=O)c1occc1N=CC=S. The molecule has 4 nitrogen and oxygen atoms in total. The number of ether oxygens (including phenoxy) is 1. The highest BCUT2D eigenvalue weighted by Crippen LogP contribution is 2.20. The molecule has 0 bridgehead atoms. The molecule has 13 heavy (non-hydrogen) atoms. The van der Waals surface area contributed by atoms with Crippen molar-refractivity contribution in [2.45, 2.75) is 0 Å². The van der Waals surface area contributed by atoms with E-state index >= 15 is 0 Å². The van der Waals surface area contributed by atoms with Crippen molar-refractivity contribution in [3.8, 4) is 0 Å². The fraction of sp³-hybridized carbons (Fsp3) is 0.125. The minimum Gasteiger partial charge on any atom is -0.463 e. The van der Waals surface area contributed by atoms with Gasteiger partial charge in [-0.2, -0.15) is 0 Å². The van der Waals surface area contributed by atoms with Crippen LogP contribution in [0.1, 0.15) is 10.6 Å². The first-order valence-corrected chi connectivity index (χ1v) is 3.90. The fourth-order valence-electron chi connectivity index (χ4n) is 0.760. The van der Waals surface area contributed by atoms with Crippen molar-refractivity contribution in [2.75, 3.05) is 7.11 Å². The number of hydrogen-bond acceptors (Lipinski definition) is 5. The maximum absolute atomic E-state index is 11.0. The molecule has 1 aromatic heterocycles. The number of esters is 1. The largest absolute Gasteiger partial charge is 0.463 e. The van der Waals surface area contributed by atoms with Gasteiger partial charge in [-0.05, 0) is 0 Å². The molecule has 0 saturated carbocycles. The number of furan rings is 1. The topological polar surface area (TPSA) is 51.8 Å². The van der Waals surface area contributed by atoms with E-state index in [9.17, 15) is 4.79 Å². The monoisotopic (exact) mass is 197 g/mol. The van der Waals surface area contributed by atoms with Gasteiger partial charge >= 0.3 is 5.97 Å². The molecule has 1 aromatic rings. The minimum absolute atomic E-state index is 0.0793. The number of hydrogen-bond donors (Lipinski definition) is 0. The first-order chi connectivity index (χ1) is 6.29. The molecular formula is C8H7NO3S. The second-order valence-corrected chi connectivity index (χ2v) is 2.31. The Hall–Kier alpha value is -1.49. The Labute approximate surface area is 80.2 Å². The summed E-state index contributed by atoms with van der Waals surface area (Å²) in [6.45, 7) is 0. The molecule has 68 valence electrons. The van der Waals surface area contributed by atoms with Crippen LogP contribution in [0.4, 0.5) is 5.69 Å². The van der Waals surface area contributed by atoms with Crippen molar-refractivity contribution in [1.82, 2.24) is 0 Å². The standard InChI is InChI=1S/C8H7NO3S/c1-11-8(10)7-6(2-4-12-7)9-3-5-13/h2-5H,1H3. The maximum Gasteiger partial charge on any atom is 0.376 e. The summed E-state index contributed by atoms with van der Waals surface area (Å²) in [4.78, 5) is 14.9. The Kier molecular flexibility index (Phi) is 3.33. The molecule has 1 rings (SSSR count). The Morgan fingerprint density at radius 3 is 3.15 bits per heavy atom. The lowest BCUT2D eigenvalue weighted by Gasteiger charge is -1.94. The minimum atomic E-state index is -0.554. The molecule has 0 saturated heterocycles. The average Bonchev–Trinajstić information content (AvgIpc) is 2.61. The summed E-state index contributed by atoms with van der Waals surface area (Å²) in [5, 5.41) is 1.34. The van der Waals surface area contributed by atoms with Gasteiger partial charge < -0.3 is 9.15 Å². The number of carbonyl (C=O) groups excluding carboxylic acids is 1. The molecular weight excluding hydrogens is 190 g/mol. The summed E-state index contributed by atoms with van der Waals surface area (Å²) in [6, 6.07) is 1.56. The second-order valence-electron chi connectivity index (χ2n) is 2.04. The lowest BCUT2D eigenvalue weighted by atomic mass is 10.4. The Bertz CT molecular complexity index is 343. The molecule has 0 N–H and O–H groups in total. The molecule has 0 aliphatic rings. The van der Waals surface area contributed by atoms with Crippen molar-refractivity contribution in [3.05, 3.63) is 18.1 Å². The van der Waals surface area contributed by atoms with Crippen LogP contribution in [0.5, 0.6) is 0 Å². The quantitative estimate of drug-likeness (QED) is 0.421. The van der Waals surface area contributed by atoms with E-state index in [0.717, 1.165) is 0 Å². The van der Waals surface area contributed by atoms with Gasteiger partial charge in [0.05, 0.1) is 13.4 Å². The van der Waals surface area contributed by atoms with Crippen molar-refractivity contribution < 1.29 is 13.9 Å². The highest BCUT2D eigenvalue weighted by Gasteiger charge is 2.14. The van der Waals surface area contributed by atoms with Gasteiger partial charge in [0.1, 0.15) is 5.69 Å². The van der Waals surface area contributed by atoms with Crippen molar-refractivity contribution in [2.24, 2.45) is 4.99 Å². The summed E-state index contributed by atoms with van der Waals surface area (Å²) >= 11 is 4.54. The van der Waals surface area contributed by atoms with Crippen LogP contribution in [0.2, 0.25) is 0 Å². The van der Waals surface area contributed by atoms with Gasteiger partial charge in [0.2, 0.25) is 5.76 Å². The second kappa shape index (κ2) is 4.51. The van der Waals surface area contributed by atoms with Gasteiger partial charge in [-0.25, -0.2) is 4.79 Å². The van der Waals surface area contributed by atoms with Crippen LogP contribution in [0.15, 0.2) is 21.7 Å². The Balaban J connectivity index is 2.95. The van der Waals surface area contributed by atoms with Crippen LogP contribution in [0.3, 0.4) is 0 Å². The molecule has 0 aromatic carbocycles. The lowest BCUT2D eigenvalue weighted by Crippen LogP contribution is -1.99. The van der Waals surface area contributed by atoms with E-state index in [-0.39, 0.29) is 5.76 Å².